The summed E-state index contributed by atoms with van der Waals surface area (Å²) in [6.07, 6.45) is 2.58. The Kier molecular flexibility index (Phi) is 5.99. The van der Waals surface area contributed by atoms with E-state index in [1.165, 1.54) is 12.7 Å². The largest absolute Gasteiger partial charge is 0.469 e. The van der Waals surface area contributed by atoms with Gasteiger partial charge in [0, 0.05) is 38.8 Å². The molecule has 0 saturated heterocycles. The van der Waals surface area contributed by atoms with Gasteiger partial charge in [-0.2, -0.15) is 5.10 Å². The van der Waals surface area contributed by atoms with Gasteiger partial charge in [-0.05, 0) is 12.0 Å². The highest BCUT2D eigenvalue weighted by molar-refractivity contribution is 5.77. The zero-order valence-electron chi connectivity index (χ0n) is 15.1. The monoisotopic (exact) mass is 356 g/mol. The predicted octanol–water partition coefficient (Wildman–Crippen LogP) is 1.60. The van der Waals surface area contributed by atoms with Crippen LogP contribution in [0, 0.1) is 0 Å². The normalized spacial score (nSPS) is 13.8. The average molecular weight is 356 g/mol. The summed E-state index contributed by atoms with van der Waals surface area (Å²) >= 11 is 0. The van der Waals surface area contributed by atoms with Gasteiger partial charge in [-0.25, -0.2) is 9.67 Å². The van der Waals surface area contributed by atoms with Gasteiger partial charge >= 0.3 is 5.97 Å². The van der Waals surface area contributed by atoms with Crippen molar-refractivity contribution in [3.8, 4) is 0 Å². The number of methoxy groups -OCH3 is 1. The van der Waals surface area contributed by atoms with Crippen LogP contribution in [0.25, 0.3) is 0 Å². The van der Waals surface area contributed by atoms with E-state index in [2.05, 4.69) is 27.0 Å². The van der Waals surface area contributed by atoms with Gasteiger partial charge in [-0.1, -0.05) is 30.3 Å². The van der Waals surface area contributed by atoms with Crippen LogP contribution in [0.3, 0.4) is 0 Å². The maximum atomic E-state index is 12.3. The Bertz CT molecular complexity index is 732. The second-order valence-electron chi connectivity index (χ2n) is 6.39. The van der Waals surface area contributed by atoms with Crippen molar-refractivity contribution in [3.05, 3.63) is 47.5 Å². The molecular weight excluding hydrogens is 332 g/mol. The van der Waals surface area contributed by atoms with Crippen molar-refractivity contribution >= 4 is 11.9 Å². The Morgan fingerprint density at radius 2 is 1.92 bits per heavy atom. The molecule has 1 aromatic carbocycles. The van der Waals surface area contributed by atoms with Crippen LogP contribution in [0.15, 0.2) is 30.3 Å². The van der Waals surface area contributed by atoms with Gasteiger partial charge < -0.3 is 9.64 Å². The van der Waals surface area contributed by atoms with Crippen LogP contribution in [0.1, 0.15) is 36.5 Å². The highest BCUT2D eigenvalue weighted by atomic mass is 16.5. The Morgan fingerprint density at radius 1 is 1.12 bits per heavy atom. The van der Waals surface area contributed by atoms with Crippen LogP contribution in [0.4, 0.5) is 0 Å². The quantitative estimate of drug-likeness (QED) is 0.735. The Morgan fingerprint density at radius 3 is 2.69 bits per heavy atom. The molecule has 7 heteroatoms. The molecule has 2 heterocycles. The number of fused-ring (bicyclic) bond motifs is 1. The molecule has 1 aromatic heterocycles. The molecule has 0 saturated carbocycles. The first-order chi connectivity index (χ1) is 12.7. The van der Waals surface area contributed by atoms with Crippen molar-refractivity contribution in [2.75, 3.05) is 20.2 Å². The maximum absolute atomic E-state index is 12.3. The second kappa shape index (κ2) is 8.60. The number of aromatic nitrogens is 3. The minimum Gasteiger partial charge on any atom is -0.469 e. The first-order valence-electron chi connectivity index (χ1n) is 8.97. The molecule has 0 bridgehead atoms. The van der Waals surface area contributed by atoms with E-state index in [1.54, 1.807) is 0 Å². The van der Waals surface area contributed by atoms with E-state index in [0.717, 1.165) is 18.1 Å². The summed E-state index contributed by atoms with van der Waals surface area (Å²) in [5.74, 6) is 1.55. The molecule has 0 atom stereocenters. The summed E-state index contributed by atoms with van der Waals surface area (Å²) in [5, 5.41) is 4.60. The van der Waals surface area contributed by atoms with E-state index in [1.807, 2.05) is 27.8 Å². The maximum Gasteiger partial charge on any atom is 0.305 e. The van der Waals surface area contributed by atoms with E-state index >= 15 is 0 Å². The lowest BCUT2D eigenvalue weighted by Crippen LogP contribution is -2.33. The molecule has 1 aliphatic heterocycles. The third-order valence-corrected chi connectivity index (χ3v) is 4.54. The van der Waals surface area contributed by atoms with Crippen LogP contribution >= 0.6 is 0 Å². The van der Waals surface area contributed by atoms with Gasteiger partial charge in [0.05, 0.1) is 13.7 Å². The number of carbonyl (C=O) groups excluding carboxylic acids is 2. The van der Waals surface area contributed by atoms with E-state index in [9.17, 15) is 9.59 Å². The molecule has 1 aliphatic rings. The van der Waals surface area contributed by atoms with E-state index in [-0.39, 0.29) is 18.3 Å². The van der Waals surface area contributed by atoms with E-state index in [4.69, 9.17) is 0 Å². The van der Waals surface area contributed by atoms with Crippen molar-refractivity contribution < 1.29 is 14.3 Å². The summed E-state index contributed by atoms with van der Waals surface area (Å²) in [7, 11) is 1.36. The Hall–Kier alpha value is -2.70. The van der Waals surface area contributed by atoms with Crippen molar-refractivity contribution in [1.29, 1.82) is 0 Å². The van der Waals surface area contributed by atoms with Crippen molar-refractivity contribution in [2.45, 2.75) is 38.6 Å². The van der Waals surface area contributed by atoms with Gasteiger partial charge in [0.25, 0.3) is 0 Å². The van der Waals surface area contributed by atoms with E-state index in [0.29, 0.717) is 38.9 Å². The third kappa shape index (κ3) is 4.68. The number of amides is 1. The summed E-state index contributed by atoms with van der Waals surface area (Å²) in [6.45, 7) is 1.92. The van der Waals surface area contributed by atoms with Gasteiger partial charge in [0.2, 0.25) is 5.91 Å². The molecule has 3 rings (SSSR count). The Balaban J connectivity index is 1.52. The number of rotatable bonds is 6. The number of hydrogen-bond acceptors (Lipinski definition) is 5. The smallest absolute Gasteiger partial charge is 0.305 e. The van der Waals surface area contributed by atoms with Crippen molar-refractivity contribution in [1.82, 2.24) is 19.7 Å². The number of hydrogen-bond donors (Lipinski definition) is 0. The number of nitrogens with zero attached hydrogens (tertiary/aromatic N) is 4. The molecule has 26 heavy (non-hydrogen) atoms. The molecule has 0 spiro atoms. The average Bonchev–Trinajstić information content (AvgIpc) is 2.92. The predicted molar refractivity (Wildman–Crippen MR) is 95.4 cm³/mol. The number of ether oxygens (including phenoxy) is 1. The summed E-state index contributed by atoms with van der Waals surface area (Å²) in [4.78, 5) is 29.9. The third-order valence-electron chi connectivity index (χ3n) is 4.54. The topological polar surface area (TPSA) is 77.3 Å². The molecule has 138 valence electrons. The molecule has 2 aromatic rings. The van der Waals surface area contributed by atoms with E-state index < -0.39 is 0 Å². The summed E-state index contributed by atoms with van der Waals surface area (Å²) < 4.78 is 6.52. The lowest BCUT2D eigenvalue weighted by Gasteiger charge is -2.19. The zero-order chi connectivity index (χ0) is 18.4. The Labute approximate surface area is 153 Å². The van der Waals surface area contributed by atoms with Gasteiger partial charge in [-0.3, -0.25) is 9.59 Å². The molecule has 7 nitrogen and oxygen atoms in total. The molecule has 0 radical (unpaired) electrons. The van der Waals surface area contributed by atoms with Crippen molar-refractivity contribution in [3.63, 3.8) is 0 Å². The fourth-order valence-corrected chi connectivity index (χ4v) is 3.10. The molecule has 0 fully saturated rings. The highest BCUT2D eigenvalue weighted by Crippen LogP contribution is 2.12. The molecule has 0 N–H and O–H groups in total. The zero-order valence-corrected chi connectivity index (χ0v) is 15.1. The highest BCUT2D eigenvalue weighted by Gasteiger charge is 2.20. The SMILES string of the molecule is COC(=O)CCCC(=O)N1CCc2nc(Cc3ccccc3)nn2CC1. The second-order valence-corrected chi connectivity index (χ2v) is 6.39. The fourth-order valence-electron chi connectivity index (χ4n) is 3.10. The van der Waals surface area contributed by atoms with Crippen LogP contribution in [0.5, 0.6) is 0 Å². The minimum absolute atomic E-state index is 0.0733. The van der Waals surface area contributed by atoms with Gasteiger partial charge in [-0.15, -0.1) is 0 Å². The lowest BCUT2D eigenvalue weighted by atomic mass is 10.1. The number of benzene rings is 1. The molecular formula is C19H24N4O3. The number of esters is 1. The lowest BCUT2D eigenvalue weighted by molar-refractivity contribution is -0.140. The standard InChI is InChI=1S/C19H24N4O3/c1-26-19(25)9-5-8-18(24)22-11-10-17-20-16(21-23(17)13-12-22)14-15-6-3-2-4-7-15/h2-4,6-7H,5,8-14H2,1H3. The van der Waals surface area contributed by atoms with Crippen LogP contribution in [-0.2, 0) is 33.7 Å². The van der Waals surface area contributed by atoms with Gasteiger partial charge in [0.15, 0.2) is 5.82 Å². The number of carbonyl (C=O) groups is 2. The van der Waals surface area contributed by atoms with Gasteiger partial charge in [0.1, 0.15) is 5.82 Å². The summed E-state index contributed by atoms with van der Waals surface area (Å²) in [6, 6.07) is 10.2. The van der Waals surface area contributed by atoms with Crippen molar-refractivity contribution in [2.24, 2.45) is 0 Å². The fraction of sp³-hybridized carbons (Fsp3) is 0.474. The molecule has 0 unspecified atom stereocenters. The molecule has 1 amide bonds. The van der Waals surface area contributed by atoms with Crippen LogP contribution in [-0.4, -0.2) is 51.7 Å². The first-order valence-corrected chi connectivity index (χ1v) is 8.97. The summed E-state index contributed by atoms with van der Waals surface area (Å²) in [5.41, 5.74) is 1.19. The first kappa shape index (κ1) is 18.1. The van der Waals surface area contributed by atoms with Crippen LogP contribution in [0.2, 0.25) is 0 Å². The van der Waals surface area contributed by atoms with Crippen LogP contribution < -0.4 is 0 Å². The molecule has 0 aliphatic carbocycles. The minimum atomic E-state index is -0.274.